The van der Waals surface area contributed by atoms with Gasteiger partial charge in [-0.3, -0.25) is 9.69 Å². The molecular formula is C23H29FN2O3. The highest BCUT2D eigenvalue weighted by molar-refractivity contribution is 5.78. The molecule has 0 saturated carbocycles. The van der Waals surface area contributed by atoms with E-state index in [1.165, 1.54) is 12.1 Å². The number of amides is 1. The van der Waals surface area contributed by atoms with Crippen LogP contribution in [-0.4, -0.2) is 47.8 Å². The lowest BCUT2D eigenvalue weighted by Gasteiger charge is -2.27. The predicted molar refractivity (Wildman–Crippen MR) is 110 cm³/mol. The van der Waals surface area contributed by atoms with Crippen molar-refractivity contribution in [2.75, 3.05) is 26.2 Å². The van der Waals surface area contributed by atoms with Crippen LogP contribution in [-0.2, 0) is 11.3 Å². The van der Waals surface area contributed by atoms with Crippen LogP contribution in [0.2, 0.25) is 0 Å². The fourth-order valence-electron chi connectivity index (χ4n) is 3.50. The molecular weight excluding hydrogens is 371 g/mol. The highest BCUT2D eigenvalue weighted by Gasteiger charge is 2.31. The fourth-order valence-corrected chi connectivity index (χ4v) is 3.50. The number of nitrogens with zero attached hydrogens (tertiary/aromatic N) is 1. The first-order valence-electron chi connectivity index (χ1n) is 10.1. The van der Waals surface area contributed by atoms with Crippen LogP contribution in [0, 0.1) is 12.7 Å². The predicted octanol–water partition coefficient (Wildman–Crippen LogP) is 3.05. The van der Waals surface area contributed by atoms with Crippen LogP contribution in [0.4, 0.5) is 4.39 Å². The zero-order chi connectivity index (χ0) is 20.7. The fraction of sp³-hybridized carbons (Fsp3) is 0.435. The lowest BCUT2D eigenvalue weighted by atomic mass is 9.96. The molecule has 3 rings (SSSR count). The third kappa shape index (κ3) is 6.84. The van der Waals surface area contributed by atoms with Gasteiger partial charge < -0.3 is 15.2 Å². The third-order valence-corrected chi connectivity index (χ3v) is 5.28. The van der Waals surface area contributed by atoms with Gasteiger partial charge in [-0.05, 0) is 62.6 Å². The monoisotopic (exact) mass is 400 g/mol. The van der Waals surface area contributed by atoms with Crippen molar-refractivity contribution in [3.8, 4) is 5.75 Å². The second-order valence-corrected chi connectivity index (χ2v) is 7.86. The van der Waals surface area contributed by atoms with Crippen molar-refractivity contribution in [1.82, 2.24) is 10.2 Å². The van der Waals surface area contributed by atoms with E-state index in [9.17, 15) is 14.3 Å². The summed E-state index contributed by atoms with van der Waals surface area (Å²) in [6.07, 6.45) is 1.99. The topological polar surface area (TPSA) is 61.8 Å². The van der Waals surface area contributed by atoms with E-state index in [4.69, 9.17) is 4.74 Å². The number of aryl methyl sites for hydroxylation is 1. The SMILES string of the molecule is Cc1ccc(OCC2(O)CCCN(CC(=O)NCc3cccc(F)c3)CC2)cc1. The summed E-state index contributed by atoms with van der Waals surface area (Å²) < 4.78 is 19.0. The lowest BCUT2D eigenvalue weighted by molar-refractivity contribution is -0.122. The summed E-state index contributed by atoms with van der Waals surface area (Å²) >= 11 is 0. The molecule has 1 saturated heterocycles. The molecule has 1 unspecified atom stereocenters. The van der Waals surface area contributed by atoms with Crippen LogP contribution < -0.4 is 10.1 Å². The number of aliphatic hydroxyl groups is 1. The van der Waals surface area contributed by atoms with E-state index in [1.807, 2.05) is 36.1 Å². The number of rotatable bonds is 7. The molecule has 6 heteroatoms. The maximum Gasteiger partial charge on any atom is 0.234 e. The van der Waals surface area contributed by atoms with Gasteiger partial charge in [0.25, 0.3) is 0 Å². The highest BCUT2D eigenvalue weighted by Crippen LogP contribution is 2.24. The van der Waals surface area contributed by atoms with Crippen molar-refractivity contribution < 1.29 is 19.0 Å². The van der Waals surface area contributed by atoms with E-state index < -0.39 is 5.60 Å². The molecule has 0 radical (unpaired) electrons. The molecule has 0 spiro atoms. The van der Waals surface area contributed by atoms with Gasteiger partial charge in [0.15, 0.2) is 0 Å². The van der Waals surface area contributed by atoms with Crippen molar-refractivity contribution in [3.63, 3.8) is 0 Å². The van der Waals surface area contributed by atoms with E-state index in [0.717, 1.165) is 29.8 Å². The Labute approximate surface area is 171 Å². The number of ether oxygens (including phenoxy) is 1. The molecule has 0 aromatic heterocycles. The number of hydrogen-bond acceptors (Lipinski definition) is 4. The molecule has 2 N–H and O–H groups in total. The summed E-state index contributed by atoms with van der Waals surface area (Å²) in [4.78, 5) is 14.3. The molecule has 1 aliphatic heterocycles. The highest BCUT2D eigenvalue weighted by atomic mass is 19.1. The molecule has 0 bridgehead atoms. The van der Waals surface area contributed by atoms with E-state index in [0.29, 0.717) is 25.9 Å². The molecule has 29 heavy (non-hydrogen) atoms. The first-order valence-corrected chi connectivity index (χ1v) is 10.1. The minimum Gasteiger partial charge on any atom is -0.491 e. The largest absolute Gasteiger partial charge is 0.491 e. The van der Waals surface area contributed by atoms with Crippen LogP contribution in [0.5, 0.6) is 5.75 Å². The molecule has 156 valence electrons. The molecule has 1 fully saturated rings. The molecule has 5 nitrogen and oxygen atoms in total. The molecule has 1 amide bonds. The minimum atomic E-state index is -0.891. The molecule has 2 aromatic carbocycles. The van der Waals surface area contributed by atoms with Gasteiger partial charge in [-0.1, -0.05) is 29.8 Å². The number of carbonyl (C=O) groups excluding carboxylic acids is 1. The van der Waals surface area contributed by atoms with E-state index in [2.05, 4.69) is 5.32 Å². The van der Waals surface area contributed by atoms with Crippen molar-refractivity contribution in [2.24, 2.45) is 0 Å². The average molecular weight is 400 g/mol. The standard InChI is InChI=1S/C23H29FN2O3/c1-18-6-8-21(9-7-18)29-17-23(28)10-3-12-26(13-11-23)16-22(27)25-15-19-4-2-5-20(24)14-19/h2,4-9,14,28H,3,10-13,15-17H2,1H3,(H,25,27). The van der Waals surface area contributed by atoms with Crippen LogP contribution in [0.3, 0.4) is 0 Å². The maximum atomic E-state index is 13.2. The van der Waals surface area contributed by atoms with E-state index in [-0.39, 0.29) is 24.9 Å². The summed E-state index contributed by atoms with van der Waals surface area (Å²) in [5.41, 5.74) is 1.01. The van der Waals surface area contributed by atoms with Gasteiger partial charge >= 0.3 is 0 Å². The van der Waals surface area contributed by atoms with Crippen LogP contribution in [0.15, 0.2) is 48.5 Å². The Morgan fingerprint density at radius 3 is 2.76 bits per heavy atom. The summed E-state index contributed by atoms with van der Waals surface area (Å²) in [7, 11) is 0. The Morgan fingerprint density at radius 2 is 2.00 bits per heavy atom. The van der Waals surface area contributed by atoms with Crippen molar-refractivity contribution in [2.45, 2.75) is 38.3 Å². The molecule has 2 aromatic rings. The minimum absolute atomic E-state index is 0.101. The van der Waals surface area contributed by atoms with E-state index in [1.54, 1.807) is 12.1 Å². The van der Waals surface area contributed by atoms with Gasteiger partial charge in [-0.25, -0.2) is 4.39 Å². The summed E-state index contributed by atoms with van der Waals surface area (Å²) in [6.45, 7) is 4.21. The van der Waals surface area contributed by atoms with Crippen molar-refractivity contribution in [3.05, 3.63) is 65.5 Å². The number of halogens is 1. The second kappa shape index (κ2) is 9.85. The molecule has 0 aliphatic carbocycles. The molecule has 1 aliphatic rings. The average Bonchev–Trinajstić information content (AvgIpc) is 2.88. The molecule has 1 heterocycles. The Bertz CT molecular complexity index is 812. The van der Waals surface area contributed by atoms with Gasteiger partial charge in [0.1, 0.15) is 18.2 Å². The number of nitrogens with one attached hydrogen (secondary N) is 1. The number of hydrogen-bond donors (Lipinski definition) is 2. The maximum absolute atomic E-state index is 13.2. The zero-order valence-electron chi connectivity index (χ0n) is 16.9. The van der Waals surface area contributed by atoms with Gasteiger partial charge in [0.05, 0.1) is 12.1 Å². The van der Waals surface area contributed by atoms with Crippen LogP contribution in [0.1, 0.15) is 30.4 Å². The van der Waals surface area contributed by atoms with Crippen LogP contribution in [0.25, 0.3) is 0 Å². The van der Waals surface area contributed by atoms with Gasteiger partial charge in [-0.2, -0.15) is 0 Å². The quantitative estimate of drug-likeness (QED) is 0.750. The number of benzene rings is 2. The normalized spacial score (nSPS) is 20.1. The van der Waals surface area contributed by atoms with Gasteiger partial charge in [-0.15, -0.1) is 0 Å². The first kappa shape index (κ1) is 21.3. The number of carbonyl (C=O) groups is 1. The first-order chi connectivity index (χ1) is 13.9. The number of likely N-dealkylation sites (tertiary alicyclic amines) is 1. The van der Waals surface area contributed by atoms with Crippen molar-refractivity contribution in [1.29, 1.82) is 0 Å². The second-order valence-electron chi connectivity index (χ2n) is 7.86. The Kier molecular flexibility index (Phi) is 7.23. The lowest BCUT2D eigenvalue weighted by Crippen LogP contribution is -2.40. The summed E-state index contributed by atoms with van der Waals surface area (Å²) in [5.74, 6) is 0.342. The Morgan fingerprint density at radius 1 is 1.21 bits per heavy atom. The van der Waals surface area contributed by atoms with Gasteiger partial charge in [0, 0.05) is 13.1 Å². The zero-order valence-corrected chi connectivity index (χ0v) is 16.9. The van der Waals surface area contributed by atoms with Crippen LogP contribution >= 0.6 is 0 Å². The van der Waals surface area contributed by atoms with E-state index >= 15 is 0 Å². The Hall–Kier alpha value is -2.44. The van der Waals surface area contributed by atoms with Crippen molar-refractivity contribution >= 4 is 5.91 Å². The molecule has 1 atom stereocenters. The third-order valence-electron chi connectivity index (χ3n) is 5.28. The van der Waals surface area contributed by atoms with Gasteiger partial charge in [0.2, 0.25) is 5.91 Å². The summed E-state index contributed by atoms with van der Waals surface area (Å²) in [5, 5.41) is 13.7. The smallest absolute Gasteiger partial charge is 0.234 e. The Balaban J connectivity index is 1.43. The summed E-state index contributed by atoms with van der Waals surface area (Å²) in [6, 6.07) is 14.0.